The van der Waals surface area contributed by atoms with Gasteiger partial charge in [-0.15, -0.1) is 24.0 Å². The van der Waals surface area contributed by atoms with E-state index in [4.69, 9.17) is 32.9 Å². The summed E-state index contributed by atoms with van der Waals surface area (Å²) >= 11 is 12.4. The van der Waals surface area contributed by atoms with Gasteiger partial charge in [0.2, 0.25) is 0 Å². The van der Waals surface area contributed by atoms with Crippen LogP contribution < -0.4 is 10.6 Å². The van der Waals surface area contributed by atoms with Crippen molar-refractivity contribution in [3.63, 3.8) is 0 Å². The van der Waals surface area contributed by atoms with Crippen molar-refractivity contribution in [2.24, 2.45) is 4.99 Å². The number of benzene rings is 1. The number of hydrogen-bond donors (Lipinski definition) is 2. The number of nitrogens with one attached hydrogen (secondary N) is 2. The largest absolute Gasteiger partial charge is 0.381 e. The van der Waals surface area contributed by atoms with Crippen molar-refractivity contribution in [1.82, 2.24) is 15.5 Å². The van der Waals surface area contributed by atoms with Crippen LogP contribution >= 0.6 is 47.2 Å². The minimum Gasteiger partial charge on any atom is -0.381 e. The van der Waals surface area contributed by atoms with E-state index in [1.54, 1.807) is 6.07 Å². The van der Waals surface area contributed by atoms with Gasteiger partial charge in [0.1, 0.15) is 0 Å². The van der Waals surface area contributed by atoms with Crippen LogP contribution in [0.25, 0.3) is 0 Å². The highest BCUT2D eigenvalue weighted by molar-refractivity contribution is 14.0. The van der Waals surface area contributed by atoms with Gasteiger partial charge < -0.3 is 15.4 Å². The number of hydrogen-bond acceptors (Lipinski definition) is 3. The Morgan fingerprint density at radius 1 is 1.24 bits per heavy atom. The van der Waals surface area contributed by atoms with Gasteiger partial charge >= 0.3 is 0 Å². The molecule has 1 aromatic carbocycles. The molecule has 1 atom stereocenters. The Kier molecular flexibility index (Phi) is 10.3. The normalized spacial score (nSPS) is 20.8. The summed E-state index contributed by atoms with van der Waals surface area (Å²) < 4.78 is 5.65. The molecule has 2 saturated heterocycles. The lowest BCUT2D eigenvalue weighted by Crippen LogP contribution is -2.54. The zero-order valence-corrected chi connectivity index (χ0v) is 21.2. The van der Waals surface area contributed by atoms with E-state index >= 15 is 0 Å². The van der Waals surface area contributed by atoms with Gasteiger partial charge in [0, 0.05) is 35.3 Å². The van der Waals surface area contributed by atoms with Crippen LogP contribution in [-0.2, 0) is 4.74 Å². The minimum absolute atomic E-state index is 0. The van der Waals surface area contributed by atoms with Crippen LogP contribution in [0.1, 0.15) is 51.1 Å². The number of rotatable bonds is 6. The molecule has 0 bridgehead atoms. The Morgan fingerprint density at radius 2 is 1.93 bits per heavy atom. The molecule has 29 heavy (non-hydrogen) atoms. The van der Waals surface area contributed by atoms with Crippen LogP contribution in [-0.4, -0.2) is 55.8 Å². The van der Waals surface area contributed by atoms with E-state index in [1.807, 2.05) is 12.1 Å². The van der Waals surface area contributed by atoms with Crippen LogP contribution in [0.2, 0.25) is 10.0 Å². The molecule has 2 heterocycles. The zero-order valence-electron chi connectivity index (χ0n) is 17.3. The Hall–Kier alpha value is -0.280. The van der Waals surface area contributed by atoms with Gasteiger partial charge in [0.05, 0.1) is 12.6 Å². The quantitative estimate of drug-likeness (QED) is 0.299. The van der Waals surface area contributed by atoms with Crippen molar-refractivity contribution in [3.8, 4) is 0 Å². The molecule has 5 nitrogen and oxygen atoms in total. The standard InChI is InChI=1S/C21H32Cl2N4O.HI/c1-3-24-20(26-16(2)18-7-6-17(22)14-19(18)23)25-15-21(8-12-28-13-9-21)27-10-4-5-11-27;/h6-7,14,16H,3-5,8-13,15H2,1-2H3,(H2,24,25,26);1H. The van der Waals surface area contributed by atoms with E-state index in [-0.39, 0.29) is 35.6 Å². The highest BCUT2D eigenvalue weighted by Crippen LogP contribution is 2.32. The van der Waals surface area contributed by atoms with Crippen molar-refractivity contribution in [2.75, 3.05) is 39.4 Å². The molecule has 0 amide bonds. The van der Waals surface area contributed by atoms with Crippen LogP contribution in [0.5, 0.6) is 0 Å². The van der Waals surface area contributed by atoms with Gasteiger partial charge in [-0.1, -0.05) is 29.3 Å². The van der Waals surface area contributed by atoms with Gasteiger partial charge in [-0.25, -0.2) is 0 Å². The molecule has 1 aromatic rings. The van der Waals surface area contributed by atoms with E-state index in [0.717, 1.165) is 50.7 Å². The lowest BCUT2D eigenvalue weighted by molar-refractivity contribution is -0.0139. The SMILES string of the molecule is CCNC(=NCC1(N2CCCC2)CCOCC1)NC(C)c1ccc(Cl)cc1Cl.I. The third kappa shape index (κ3) is 6.60. The Morgan fingerprint density at radius 3 is 2.55 bits per heavy atom. The second-order valence-corrected chi connectivity index (χ2v) is 8.60. The summed E-state index contributed by atoms with van der Waals surface area (Å²) in [5.74, 6) is 0.825. The fourth-order valence-electron chi connectivity index (χ4n) is 4.20. The summed E-state index contributed by atoms with van der Waals surface area (Å²) in [4.78, 5) is 7.64. The molecular formula is C21H33Cl2IN4O. The smallest absolute Gasteiger partial charge is 0.191 e. The van der Waals surface area contributed by atoms with E-state index < -0.39 is 0 Å². The molecule has 2 N–H and O–H groups in total. The third-order valence-corrected chi connectivity index (χ3v) is 6.42. The van der Waals surface area contributed by atoms with E-state index in [9.17, 15) is 0 Å². The summed E-state index contributed by atoms with van der Waals surface area (Å²) in [7, 11) is 0. The number of aliphatic imine (C=N–C) groups is 1. The van der Waals surface area contributed by atoms with Gasteiger partial charge in [-0.05, 0) is 70.3 Å². The third-order valence-electron chi connectivity index (χ3n) is 5.86. The first-order valence-electron chi connectivity index (χ1n) is 10.4. The predicted molar refractivity (Wildman–Crippen MR) is 133 cm³/mol. The molecule has 8 heteroatoms. The summed E-state index contributed by atoms with van der Waals surface area (Å²) in [5, 5.41) is 8.20. The molecule has 0 radical (unpaired) electrons. The first-order valence-corrected chi connectivity index (χ1v) is 11.1. The minimum atomic E-state index is 0. The Bertz CT molecular complexity index is 677. The molecule has 2 aliphatic rings. The molecule has 0 aliphatic carbocycles. The van der Waals surface area contributed by atoms with Crippen LogP contribution in [0, 0.1) is 0 Å². The van der Waals surface area contributed by atoms with Gasteiger partial charge in [-0.2, -0.15) is 0 Å². The molecule has 164 valence electrons. The second kappa shape index (κ2) is 11.9. The maximum Gasteiger partial charge on any atom is 0.191 e. The number of halogens is 3. The van der Waals surface area contributed by atoms with Crippen molar-refractivity contribution < 1.29 is 4.74 Å². The molecule has 0 spiro atoms. The molecule has 0 aromatic heterocycles. The van der Waals surface area contributed by atoms with Crippen LogP contribution in [0.15, 0.2) is 23.2 Å². The van der Waals surface area contributed by atoms with Crippen molar-refractivity contribution in [3.05, 3.63) is 33.8 Å². The molecular weight excluding hydrogens is 522 g/mol. The van der Waals surface area contributed by atoms with Gasteiger partial charge in [-0.3, -0.25) is 9.89 Å². The number of nitrogens with zero attached hydrogens (tertiary/aromatic N) is 2. The fourth-order valence-corrected chi connectivity index (χ4v) is 4.77. The molecule has 1 unspecified atom stereocenters. The van der Waals surface area contributed by atoms with Gasteiger partial charge in [0.25, 0.3) is 0 Å². The first kappa shape index (κ1) is 25.0. The highest BCUT2D eigenvalue weighted by atomic mass is 127. The Labute approximate surface area is 202 Å². The zero-order chi connectivity index (χ0) is 20.0. The summed E-state index contributed by atoms with van der Waals surface area (Å²) in [5.41, 5.74) is 1.13. The van der Waals surface area contributed by atoms with Gasteiger partial charge in [0.15, 0.2) is 5.96 Å². The number of likely N-dealkylation sites (tertiary alicyclic amines) is 1. The summed E-state index contributed by atoms with van der Waals surface area (Å²) in [6.45, 7) is 9.78. The fraction of sp³-hybridized carbons (Fsp3) is 0.667. The van der Waals surface area contributed by atoms with E-state index in [2.05, 4.69) is 29.4 Å². The average molecular weight is 555 g/mol. The van der Waals surface area contributed by atoms with Crippen molar-refractivity contribution in [2.45, 2.75) is 51.1 Å². The summed E-state index contributed by atoms with van der Waals surface area (Å²) in [6, 6.07) is 5.65. The first-order chi connectivity index (χ1) is 13.5. The van der Waals surface area contributed by atoms with Crippen LogP contribution in [0.3, 0.4) is 0 Å². The maximum atomic E-state index is 6.39. The van der Waals surface area contributed by atoms with Crippen molar-refractivity contribution in [1.29, 1.82) is 0 Å². The molecule has 0 saturated carbocycles. The van der Waals surface area contributed by atoms with Crippen LogP contribution in [0.4, 0.5) is 0 Å². The topological polar surface area (TPSA) is 48.9 Å². The average Bonchev–Trinajstić information content (AvgIpc) is 3.22. The number of ether oxygens (including phenoxy) is 1. The number of guanidine groups is 1. The Balaban J connectivity index is 0.00000300. The predicted octanol–water partition coefficient (Wildman–Crippen LogP) is 4.87. The lowest BCUT2D eigenvalue weighted by Gasteiger charge is -2.43. The molecule has 2 aliphatic heterocycles. The lowest BCUT2D eigenvalue weighted by atomic mass is 9.88. The van der Waals surface area contributed by atoms with E-state index in [1.165, 1.54) is 25.9 Å². The molecule has 3 rings (SSSR count). The highest BCUT2D eigenvalue weighted by Gasteiger charge is 2.39. The second-order valence-electron chi connectivity index (χ2n) is 7.76. The summed E-state index contributed by atoms with van der Waals surface area (Å²) in [6.07, 6.45) is 4.68. The maximum absolute atomic E-state index is 6.39. The molecule has 2 fully saturated rings. The van der Waals surface area contributed by atoms with Crippen molar-refractivity contribution >= 4 is 53.1 Å². The van der Waals surface area contributed by atoms with E-state index in [0.29, 0.717) is 10.0 Å². The monoisotopic (exact) mass is 554 g/mol.